The number of aryl methyl sites for hydroxylation is 1. The van der Waals surface area contributed by atoms with E-state index in [1.54, 1.807) is 0 Å². The van der Waals surface area contributed by atoms with Crippen LogP contribution < -0.4 is 5.73 Å². The number of fused-ring (bicyclic) bond motifs is 1. The van der Waals surface area contributed by atoms with Gasteiger partial charge in [-0.2, -0.15) is 0 Å². The largest absolute Gasteiger partial charge is 0.394 e. The molecule has 1 saturated carbocycles. The third-order valence-corrected chi connectivity index (χ3v) is 6.73. The normalized spacial score (nSPS) is 32.5. The van der Waals surface area contributed by atoms with E-state index in [9.17, 15) is 5.11 Å². The van der Waals surface area contributed by atoms with Crippen molar-refractivity contribution in [3.8, 4) is 0 Å². The standard InChI is InChI=1S/C22H33NO3/c23-22(15-24)8-5-20(13-22)19-4-3-17-11-16(1-2-18(17)12-19)14-26-21-6-9-25-10-7-21/h3-4,12,16,20-21,24H,1-2,5-11,13-15,23H2/t16?,20-,22+/m0/s1. The Labute approximate surface area is 157 Å². The van der Waals surface area contributed by atoms with Crippen LogP contribution in [0.5, 0.6) is 0 Å². The molecule has 144 valence electrons. The second-order valence-corrected chi connectivity index (χ2v) is 8.74. The number of rotatable bonds is 5. The molecule has 0 amide bonds. The van der Waals surface area contributed by atoms with Crippen LogP contribution in [0, 0.1) is 5.92 Å². The average molecular weight is 360 g/mol. The minimum Gasteiger partial charge on any atom is -0.394 e. The molecule has 1 saturated heterocycles. The lowest BCUT2D eigenvalue weighted by atomic mass is 9.82. The molecule has 4 heteroatoms. The van der Waals surface area contributed by atoms with Crippen LogP contribution >= 0.6 is 0 Å². The minimum absolute atomic E-state index is 0.100. The molecule has 1 aliphatic heterocycles. The molecule has 1 unspecified atom stereocenters. The summed E-state index contributed by atoms with van der Waals surface area (Å²) in [6.07, 6.45) is 8.94. The van der Waals surface area contributed by atoms with E-state index in [0.29, 0.717) is 17.9 Å². The van der Waals surface area contributed by atoms with Crippen molar-refractivity contribution in [1.29, 1.82) is 0 Å². The third-order valence-electron chi connectivity index (χ3n) is 6.73. The summed E-state index contributed by atoms with van der Waals surface area (Å²) in [7, 11) is 0. The smallest absolute Gasteiger partial charge is 0.0619 e. The van der Waals surface area contributed by atoms with Gasteiger partial charge in [0.2, 0.25) is 0 Å². The first-order valence-electron chi connectivity index (χ1n) is 10.4. The SMILES string of the molecule is N[C@]1(CO)CC[C@H](c2ccc3c(c2)CCC(COC2CCOCC2)C3)C1. The molecule has 2 fully saturated rings. The second kappa shape index (κ2) is 7.97. The van der Waals surface area contributed by atoms with Gasteiger partial charge in [-0.1, -0.05) is 18.2 Å². The van der Waals surface area contributed by atoms with Crippen molar-refractivity contribution in [1.82, 2.24) is 0 Å². The van der Waals surface area contributed by atoms with Crippen LogP contribution in [-0.2, 0) is 22.3 Å². The van der Waals surface area contributed by atoms with Gasteiger partial charge >= 0.3 is 0 Å². The topological polar surface area (TPSA) is 64.7 Å². The number of nitrogens with two attached hydrogens (primary N) is 1. The quantitative estimate of drug-likeness (QED) is 0.848. The van der Waals surface area contributed by atoms with Crippen LogP contribution in [-0.4, -0.2) is 43.2 Å². The van der Waals surface area contributed by atoms with Crippen molar-refractivity contribution >= 4 is 0 Å². The summed E-state index contributed by atoms with van der Waals surface area (Å²) in [4.78, 5) is 0. The van der Waals surface area contributed by atoms with Gasteiger partial charge in [-0.3, -0.25) is 0 Å². The summed E-state index contributed by atoms with van der Waals surface area (Å²) in [6, 6.07) is 7.05. The first kappa shape index (κ1) is 18.4. The summed E-state index contributed by atoms with van der Waals surface area (Å²) in [5, 5.41) is 9.51. The molecular formula is C22H33NO3. The van der Waals surface area contributed by atoms with E-state index in [4.69, 9.17) is 15.2 Å². The van der Waals surface area contributed by atoms with Gasteiger partial charge in [0.05, 0.1) is 19.3 Å². The van der Waals surface area contributed by atoms with Crippen molar-refractivity contribution < 1.29 is 14.6 Å². The van der Waals surface area contributed by atoms with Crippen LogP contribution in [0.4, 0.5) is 0 Å². The second-order valence-electron chi connectivity index (χ2n) is 8.74. The predicted molar refractivity (Wildman–Crippen MR) is 102 cm³/mol. The fraction of sp³-hybridized carbons (Fsp3) is 0.727. The van der Waals surface area contributed by atoms with Crippen LogP contribution in [0.25, 0.3) is 0 Å². The molecule has 1 aromatic rings. The minimum atomic E-state index is -0.368. The molecule has 4 nitrogen and oxygen atoms in total. The third kappa shape index (κ3) is 4.14. The molecule has 1 aromatic carbocycles. The van der Waals surface area contributed by atoms with Crippen LogP contribution in [0.15, 0.2) is 18.2 Å². The van der Waals surface area contributed by atoms with Gasteiger partial charge in [-0.15, -0.1) is 0 Å². The monoisotopic (exact) mass is 359 g/mol. The molecule has 0 spiro atoms. The first-order valence-corrected chi connectivity index (χ1v) is 10.4. The molecule has 26 heavy (non-hydrogen) atoms. The number of hydrogen-bond donors (Lipinski definition) is 2. The van der Waals surface area contributed by atoms with E-state index in [1.165, 1.54) is 23.1 Å². The highest BCUT2D eigenvalue weighted by molar-refractivity contribution is 5.36. The Kier molecular flexibility index (Phi) is 5.65. The lowest BCUT2D eigenvalue weighted by molar-refractivity contribution is -0.0439. The lowest BCUT2D eigenvalue weighted by Gasteiger charge is -2.29. The molecular weight excluding hydrogens is 326 g/mol. The van der Waals surface area contributed by atoms with E-state index in [-0.39, 0.29) is 12.1 Å². The van der Waals surface area contributed by atoms with Gasteiger partial charge in [0, 0.05) is 18.8 Å². The maximum absolute atomic E-state index is 9.51. The molecule has 3 N–H and O–H groups in total. The Hall–Kier alpha value is -0.940. The van der Waals surface area contributed by atoms with Crippen LogP contribution in [0.3, 0.4) is 0 Å². The Balaban J connectivity index is 1.34. The van der Waals surface area contributed by atoms with Gasteiger partial charge in [0.25, 0.3) is 0 Å². The number of aliphatic hydroxyl groups excluding tert-OH is 1. The summed E-state index contributed by atoms with van der Waals surface area (Å²) in [5.74, 6) is 1.15. The maximum Gasteiger partial charge on any atom is 0.0619 e. The lowest BCUT2D eigenvalue weighted by Crippen LogP contribution is -2.40. The number of aliphatic hydroxyl groups is 1. The Morgan fingerprint density at radius 3 is 2.77 bits per heavy atom. The number of hydrogen-bond acceptors (Lipinski definition) is 4. The van der Waals surface area contributed by atoms with Gasteiger partial charge in [-0.25, -0.2) is 0 Å². The molecule has 2 aliphatic carbocycles. The molecule has 0 bridgehead atoms. The van der Waals surface area contributed by atoms with E-state index < -0.39 is 0 Å². The van der Waals surface area contributed by atoms with Gasteiger partial charge in [0.15, 0.2) is 0 Å². The summed E-state index contributed by atoms with van der Waals surface area (Å²) < 4.78 is 11.6. The molecule has 1 heterocycles. The van der Waals surface area contributed by atoms with Crippen molar-refractivity contribution in [3.05, 3.63) is 34.9 Å². The van der Waals surface area contributed by atoms with Crippen LogP contribution in [0.2, 0.25) is 0 Å². The average Bonchev–Trinajstić information content (AvgIpc) is 3.09. The highest BCUT2D eigenvalue weighted by atomic mass is 16.5. The molecule has 4 rings (SSSR count). The van der Waals surface area contributed by atoms with Gasteiger partial charge in [0.1, 0.15) is 0 Å². The zero-order valence-corrected chi connectivity index (χ0v) is 15.8. The fourth-order valence-electron chi connectivity index (χ4n) is 4.95. The highest BCUT2D eigenvalue weighted by Gasteiger charge is 2.36. The van der Waals surface area contributed by atoms with Gasteiger partial charge < -0.3 is 20.3 Å². The van der Waals surface area contributed by atoms with E-state index in [1.807, 2.05) is 0 Å². The first-order chi connectivity index (χ1) is 12.6. The Morgan fingerprint density at radius 2 is 2.00 bits per heavy atom. The molecule has 3 aliphatic rings. The van der Waals surface area contributed by atoms with E-state index in [0.717, 1.165) is 64.8 Å². The maximum atomic E-state index is 9.51. The van der Waals surface area contributed by atoms with Crippen molar-refractivity contribution in [3.63, 3.8) is 0 Å². The Bertz CT molecular complexity index is 613. The summed E-state index contributed by atoms with van der Waals surface area (Å²) in [5.41, 5.74) is 10.3. The number of benzene rings is 1. The van der Waals surface area contributed by atoms with Crippen molar-refractivity contribution in [2.75, 3.05) is 26.4 Å². The summed E-state index contributed by atoms with van der Waals surface area (Å²) >= 11 is 0. The zero-order valence-electron chi connectivity index (χ0n) is 15.8. The fourth-order valence-corrected chi connectivity index (χ4v) is 4.95. The highest BCUT2D eigenvalue weighted by Crippen LogP contribution is 2.40. The Morgan fingerprint density at radius 1 is 1.15 bits per heavy atom. The van der Waals surface area contributed by atoms with Crippen molar-refractivity contribution in [2.45, 2.75) is 68.9 Å². The van der Waals surface area contributed by atoms with Crippen molar-refractivity contribution in [2.24, 2.45) is 11.7 Å². The van der Waals surface area contributed by atoms with E-state index in [2.05, 4.69) is 18.2 Å². The molecule has 0 radical (unpaired) electrons. The van der Waals surface area contributed by atoms with Gasteiger partial charge in [-0.05, 0) is 79.9 Å². The number of ether oxygens (including phenoxy) is 2. The molecule has 0 aromatic heterocycles. The zero-order chi connectivity index (χ0) is 18.0. The van der Waals surface area contributed by atoms with E-state index >= 15 is 0 Å². The van der Waals surface area contributed by atoms with Crippen LogP contribution in [0.1, 0.15) is 61.1 Å². The predicted octanol–water partition coefficient (Wildman–Crippen LogP) is 2.94. The molecule has 3 atom stereocenters. The summed E-state index contributed by atoms with van der Waals surface area (Å²) in [6.45, 7) is 2.69.